The number of phenolic OH excluding ortho intramolecular Hbond substituents is 1. The number of hydrogen-bond acceptors (Lipinski definition) is 7. The van der Waals surface area contributed by atoms with Crippen molar-refractivity contribution in [3.63, 3.8) is 0 Å². The Hall–Kier alpha value is -3.50. The Kier molecular flexibility index (Phi) is 4.77. The highest BCUT2D eigenvalue weighted by atomic mass is 16.5. The van der Waals surface area contributed by atoms with E-state index >= 15 is 0 Å². The molecule has 6 rings (SSSR count). The van der Waals surface area contributed by atoms with Crippen LogP contribution in [0.5, 0.6) is 11.8 Å². The second-order valence-corrected chi connectivity index (χ2v) is 9.19. The lowest BCUT2D eigenvalue weighted by molar-refractivity contribution is 0.374. The van der Waals surface area contributed by atoms with Crippen LogP contribution >= 0.6 is 0 Å². The topological polar surface area (TPSA) is 73.8 Å². The van der Waals surface area contributed by atoms with Crippen molar-refractivity contribution in [1.29, 1.82) is 0 Å². The van der Waals surface area contributed by atoms with Crippen molar-refractivity contribution < 1.29 is 9.84 Å². The number of ether oxygens (including phenoxy) is 1. The summed E-state index contributed by atoms with van der Waals surface area (Å²) < 4.78 is 5.50. The van der Waals surface area contributed by atoms with E-state index in [0.717, 1.165) is 59.6 Å². The number of hydrogen-bond donors (Lipinski definition) is 2. The van der Waals surface area contributed by atoms with Gasteiger partial charge < -0.3 is 25.0 Å². The third kappa shape index (κ3) is 3.42. The van der Waals surface area contributed by atoms with Crippen LogP contribution in [0.3, 0.4) is 0 Å². The van der Waals surface area contributed by atoms with E-state index in [1.165, 1.54) is 18.4 Å². The number of fused-ring (bicyclic) bond motifs is 4. The Labute approximate surface area is 193 Å². The van der Waals surface area contributed by atoms with E-state index in [1.54, 1.807) is 13.2 Å². The average Bonchev–Trinajstić information content (AvgIpc) is 3.18. The molecule has 2 saturated heterocycles. The Morgan fingerprint density at radius 2 is 1.97 bits per heavy atom. The summed E-state index contributed by atoms with van der Waals surface area (Å²) >= 11 is 0. The Bertz CT molecular complexity index is 1270. The molecule has 1 aromatic heterocycles. The Morgan fingerprint density at radius 3 is 2.73 bits per heavy atom. The molecule has 2 atom stereocenters. The number of anilines is 2. The number of nitrogens with zero attached hydrogens (tertiary/aromatic N) is 4. The number of benzene rings is 2. The van der Waals surface area contributed by atoms with Gasteiger partial charge in [0.15, 0.2) is 0 Å². The lowest BCUT2D eigenvalue weighted by Crippen LogP contribution is -2.52. The second-order valence-electron chi connectivity index (χ2n) is 9.19. The van der Waals surface area contributed by atoms with Gasteiger partial charge in [0.25, 0.3) is 0 Å². The maximum absolute atomic E-state index is 10.4. The van der Waals surface area contributed by atoms with Crippen LogP contribution in [-0.4, -0.2) is 53.9 Å². The third-order valence-electron chi connectivity index (χ3n) is 7.16. The van der Waals surface area contributed by atoms with Crippen molar-refractivity contribution >= 4 is 22.3 Å². The van der Waals surface area contributed by atoms with E-state index in [1.807, 2.05) is 24.3 Å². The van der Waals surface area contributed by atoms with Crippen LogP contribution in [0.4, 0.5) is 11.5 Å². The molecule has 0 radical (unpaired) electrons. The molecule has 2 unspecified atom stereocenters. The molecule has 2 fully saturated rings. The molecule has 7 nitrogen and oxygen atoms in total. The predicted molar refractivity (Wildman–Crippen MR) is 129 cm³/mol. The first-order chi connectivity index (χ1) is 16.1. The van der Waals surface area contributed by atoms with Crippen molar-refractivity contribution in [3.8, 4) is 24.1 Å². The van der Waals surface area contributed by atoms with Gasteiger partial charge >= 0.3 is 6.01 Å². The van der Waals surface area contributed by atoms with Gasteiger partial charge in [0.1, 0.15) is 11.6 Å². The number of phenols is 1. The smallest absolute Gasteiger partial charge is 0.318 e. The van der Waals surface area contributed by atoms with Crippen LogP contribution in [-0.2, 0) is 13.0 Å². The Balaban J connectivity index is 1.41. The van der Waals surface area contributed by atoms with Crippen molar-refractivity contribution in [2.24, 2.45) is 0 Å². The fourth-order valence-electron chi connectivity index (χ4n) is 5.68. The van der Waals surface area contributed by atoms with Crippen molar-refractivity contribution in [3.05, 3.63) is 47.2 Å². The van der Waals surface area contributed by atoms with Crippen LogP contribution in [0, 0.1) is 12.3 Å². The van der Waals surface area contributed by atoms with E-state index < -0.39 is 0 Å². The maximum Gasteiger partial charge on any atom is 0.318 e. The molecular formula is C26H27N5O2. The van der Waals surface area contributed by atoms with Gasteiger partial charge in [-0.3, -0.25) is 0 Å². The zero-order valence-electron chi connectivity index (χ0n) is 18.7. The molecular weight excluding hydrogens is 414 g/mol. The zero-order valence-corrected chi connectivity index (χ0v) is 18.7. The molecule has 0 amide bonds. The number of nitrogens with one attached hydrogen (secondary N) is 1. The van der Waals surface area contributed by atoms with Gasteiger partial charge in [-0.2, -0.15) is 9.97 Å². The number of rotatable bonds is 3. The summed E-state index contributed by atoms with van der Waals surface area (Å²) in [5.74, 6) is 4.05. The molecule has 2 bridgehead atoms. The standard InChI is InChI=1S/C26H27N5O2/c1-3-16-5-4-6-17-11-20(32)12-23(24(16)17)30-10-9-21-22(15-30)28-26(33-2)29-25(21)31-13-18-7-8-19(14-31)27-18/h1,4-6,11-12,18-19,27,32H,7-10,13-15H2,2H3. The summed E-state index contributed by atoms with van der Waals surface area (Å²) in [5.41, 5.74) is 3.94. The molecule has 2 N–H and O–H groups in total. The lowest BCUT2D eigenvalue weighted by Gasteiger charge is -2.37. The fourth-order valence-corrected chi connectivity index (χ4v) is 5.68. The SMILES string of the molecule is C#Cc1cccc2cc(O)cc(N3CCc4c(nc(OC)nc4N4CC5CCC(C4)N5)C3)c12. The van der Waals surface area contributed by atoms with Crippen LogP contribution < -0.4 is 19.9 Å². The van der Waals surface area contributed by atoms with Gasteiger partial charge in [0, 0.05) is 60.0 Å². The van der Waals surface area contributed by atoms with Crippen molar-refractivity contribution in [2.45, 2.75) is 37.9 Å². The molecule has 0 spiro atoms. The third-order valence-corrected chi connectivity index (χ3v) is 7.16. The highest BCUT2D eigenvalue weighted by Gasteiger charge is 2.35. The van der Waals surface area contributed by atoms with E-state index in [-0.39, 0.29) is 5.75 Å². The lowest BCUT2D eigenvalue weighted by atomic mass is 9.99. The molecule has 0 saturated carbocycles. The van der Waals surface area contributed by atoms with Crippen LogP contribution in [0.2, 0.25) is 0 Å². The first kappa shape index (κ1) is 20.1. The van der Waals surface area contributed by atoms with E-state index in [0.29, 0.717) is 24.6 Å². The minimum atomic E-state index is 0.231. The van der Waals surface area contributed by atoms with Crippen molar-refractivity contribution in [2.75, 3.05) is 36.5 Å². The summed E-state index contributed by atoms with van der Waals surface area (Å²) in [7, 11) is 1.62. The van der Waals surface area contributed by atoms with Gasteiger partial charge in [-0.05, 0) is 36.8 Å². The maximum atomic E-state index is 10.4. The van der Waals surface area contributed by atoms with E-state index in [9.17, 15) is 5.11 Å². The molecule has 33 heavy (non-hydrogen) atoms. The second kappa shape index (κ2) is 7.82. The number of terminal acetylenes is 1. The Morgan fingerprint density at radius 1 is 1.15 bits per heavy atom. The first-order valence-electron chi connectivity index (χ1n) is 11.5. The molecule has 2 aromatic carbocycles. The van der Waals surface area contributed by atoms with Gasteiger partial charge in [-0.25, -0.2) is 0 Å². The van der Waals surface area contributed by atoms with Gasteiger partial charge in [-0.15, -0.1) is 6.42 Å². The van der Waals surface area contributed by atoms with Crippen LogP contribution in [0.1, 0.15) is 29.7 Å². The normalized spacial score (nSPS) is 21.7. The fraction of sp³-hybridized carbons (Fsp3) is 0.385. The number of methoxy groups -OCH3 is 1. The van der Waals surface area contributed by atoms with Gasteiger partial charge in [0.05, 0.1) is 19.3 Å². The number of aromatic nitrogens is 2. The summed E-state index contributed by atoms with van der Waals surface area (Å²) in [6.45, 7) is 3.34. The minimum Gasteiger partial charge on any atom is -0.508 e. The van der Waals surface area contributed by atoms with Crippen LogP contribution in [0.25, 0.3) is 10.8 Å². The van der Waals surface area contributed by atoms with E-state index in [4.69, 9.17) is 21.1 Å². The average molecular weight is 442 g/mol. The quantitative estimate of drug-likeness (QED) is 0.606. The molecule has 3 aliphatic rings. The number of aromatic hydroxyl groups is 1. The highest BCUT2D eigenvalue weighted by molar-refractivity contribution is 6.00. The molecule has 0 aliphatic carbocycles. The van der Waals surface area contributed by atoms with Crippen LogP contribution in [0.15, 0.2) is 30.3 Å². The predicted octanol–water partition coefficient (Wildman–Crippen LogP) is 2.83. The zero-order chi connectivity index (χ0) is 22.5. The largest absolute Gasteiger partial charge is 0.508 e. The summed E-state index contributed by atoms with van der Waals surface area (Å²) in [6.07, 6.45) is 9.09. The molecule has 7 heteroatoms. The summed E-state index contributed by atoms with van der Waals surface area (Å²) in [5, 5.41) is 16.0. The van der Waals surface area contributed by atoms with E-state index in [2.05, 4.69) is 21.0 Å². The summed E-state index contributed by atoms with van der Waals surface area (Å²) in [6, 6.07) is 10.9. The molecule has 4 heterocycles. The minimum absolute atomic E-state index is 0.231. The van der Waals surface area contributed by atoms with Gasteiger partial charge in [0.2, 0.25) is 0 Å². The highest BCUT2D eigenvalue weighted by Crippen LogP contribution is 2.38. The monoisotopic (exact) mass is 441 g/mol. The van der Waals surface area contributed by atoms with Crippen molar-refractivity contribution in [1.82, 2.24) is 15.3 Å². The number of piperazine rings is 1. The molecule has 168 valence electrons. The molecule has 3 aliphatic heterocycles. The van der Waals surface area contributed by atoms with Gasteiger partial charge in [-0.1, -0.05) is 18.1 Å². The first-order valence-corrected chi connectivity index (χ1v) is 11.5. The molecule has 3 aromatic rings. The summed E-state index contributed by atoms with van der Waals surface area (Å²) in [4.78, 5) is 14.2.